The second-order valence-electron chi connectivity index (χ2n) is 9.61. The topological polar surface area (TPSA) is 157 Å². The highest BCUT2D eigenvalue weighted by molar-refractivity contribution is 6.30. The van der Waals surface area contributed by atoms with Gasteiger partial charge < -0.3 is 25.2 Å². The third-order valence-corrected chi connectivity index (χ3v) is 7.15. The minimum Gasteiger partial charge on any atom is -0.508 e. The zero-order valence-corrected chi connectivity index (χ0v) is 21.8. The molecule has 1 fully saturated rings. The standard InChI is InChI=1S/C28H25ClN4O7/c29-18-5-10-22-21(14-18)28(40-27(39)32-22)11-12-33(15-28)25(36)23(13-16-1-8-20(34)9-2-16)31-24(35)17-3-6-19(7-4-17)30-26(37)38/h1-10,14,23,30,34H,11-13,15H2,(H,31,35)(H,32,39)(H,37,38)/t23-,28?/m0/s1. The highest BCUT2D eigenvalue weighted by Gasteiger charge is 2.49. The lowest BCUT2D eigenvalue weighted by Gasteiger charge is -2.35. The lowest BCUT2D eigenvalue weighted by molar-refractivity contribution is -0.133. The molecule has 0 radical (unpaired) electrons. The van der Waals surface area contributed by atoms with Crippen molar-refractivity contribution in [3.05, 3.63) is 88.4 Å². The van der Waals surface area contributed by atoms with Crippen molar-refractivity contribution in [2.45, 2.75) is 24.5 Å². The van der Waals surface area contributed by atoms with Crippen molar-refractivity contribution < 1.29 is 34.1 Å². The summed E-state index contributed by atoms with van der Waals surface area (Å²) in [5.74, 6) is -0.837. The van der Waals surface area contributed by atoms with E-state index >= 15 is 0 Å². The number of carboxylic acid groups (broad SMARTS) is 1. The summed E-state index contributed by atoms with van der Waals surface area (Å²) in [5, 5.41) is 26.7. The van der Waals surface area contributed by atoms with E-state index in [1.807, 2.05) is 0 Å². The number of nitrogens with one attached hydrogen (secondary N) is 3. The van der Waals surface area contributed by atoms with Crippen molar-refractivity contribution in [1.82, 2.24) is 10.2 Å². The zero-order valence-electron chi connectivity index (χ0n) is 21.0. The van der Waals surface area contributed by atoms with Gasteiger partial charge in [-0.25, -0.2) is 9.59 Å². The predicted octanol–water partition coefficient (Wildman–Crippen LogP) is 4.17. The van der Waals surface area contributed by atoms with Crippen molar-refractivity contribution in [3.63, 3.8) is 0 Å². The molecular weight excluding hydrogens is 540 g/mol. The molecule has 1 unspecified atom stereocenters. The largest absolute Gasteiger partial charge is 0.508 e. The lowest BCUT2D eigenvalue weighted by atomic mass is 9.90. The van der Waals surface area contributed by atoms with E-state index in [-0.39, 0.29) is 36.7 Å². The molecule has 4 amide bonds. The van der Waals surface area contributed by atoms with Crippen LogP contribution in [0.2, 0.25) is 5.02 Å². The highest BCUT2D eigenvalue weighted by Crippen LogP contribution is 2.43. The fourth-order valence-electron chi connectivity index (χ4n) is 5.00. The fraction of sp³-hybridized carbons (Fsp3) is 0.214. The predicted molar refractivity (Wildman–Crippen MR) is 146 cm³/mol. The monoisotopic (exact) mass is 564 g/mol. The van der Waals surface area contributed by atoms with Crippen LogP contribution in [0, 0.1) is 0 Å². The van der Waals surface area contributed by atoms with Gasteiger partial charge in [-0.3, -0.25) is 20.2 Å². The minimum absolute atomic E-state index is 0.0669. The second-order valence-corrected chi connectivity index (χ2v) is 10.0. The van der Waals surface area contributed by atoms with Crippen LogP contribution in [0.5, 0.6) is 5.75 Å². The highest BCUT2D eigenvalue weighted by atomic mass is 35.5. The van der Waals surface area contributed by atoms with Crippen LogP contribution in [0.3, 0.4) is 0 Å². The summed E-state index contributed by atoms with van der Waals surface area (Å²) < 4.78 is 5.73. The van der Waals surface area contributed by atoms with Gasteiger partial charge in [-0.1, -0.05) is 23.7 Å². The number of phenols is 1. The van der Waals surface area contributed by atoms with Gasteiger partial charge in [0.15, 0.2) is 5.60 Å². The molecule has 2 heterocycles. The molecular formula is C28H25ClN4O7. The first-order valence-electron chi connectivity index (χ1n) is 12.4. The molecule has 1 saturated heterocycles. The molecule has 5 rings (SSSR count). The van der Waals surface area contributed by atoms with Crippen LogP contribution in [0.4, 0.5) is 21.0 Å². The van der Waals surface area contributed by atoms with Crippen LogP contribution in [0.1, 0.15) is 27.9 Å². The molecule has 206 valence electrons. The van der Waals surface area contributed by atoms with Crippen molar-refractivity contribution in [2.24, 2.45) is 0 Å². The number of ether oxygens (including phenoxy) is 1. The number of hydrogen-bond acceptors (Lipinski definition) is 6. The average Bonchev–Trinajstić information content (AvgIpc) is 3.33. The summed E-state index contributed by atoms with van der Waals surface area (Å²) in [6.07, 6.45) is -1.38. The number of amides is 4. The summed E-state index contributed by atoms with van der Waals surface area (Å²) in [5.41, 5.74) is 1.37. The fourth-order valence-corrected chi connectivity index (χ4v) is 5.17. The summed E-state index contributed by atoms with van der Waals surface area (Å²) in [4.78, 5) is 51.8. The number of hydrogen-bond donors (Lipinski definition) is 5. The Hall–Kier alpha value is -4.77. The van der Waals surface area contributed by atoms with E-state index in [0.29, 0.717) is 33.9 Å². The number of likely N-dealkylation sites (tertiary alicyclic amines) is 1. The van der Waals surface area contributed by atoms with Gasteiger partial charge in [0.25, 0.3) is 5.91 Å². The van der Waals surface area contributed by atoms with Crippen LogP contribution >= 0.6 is 11.6 Å². The Morgan fingerprint density at radius 3 is 2.50 bits per heavy atom. The first-order chi connectivity index (χ1) is 19.1. The Morgan fingerprint density at radius 2 is 1.80 bits per heavy atom. The van der Waals surface area contributed by atoms with Gasteiger partial charge in [-0.15, -0.1) is 0 Å². The molecule has 0 aliphatic carbocycles. The average molecular weight is 565 g/mol. The third-order valence-electron chi connectivity index (χ3n) is 6.92. The molecule has 11 nitrogen and oxygen atoms in total. The molecule has 2 aliphatic rings. The molecule has 0 saturated carbocycles. The third kappa shape index (κ3) is 5.64. The molecule has 0 aromatic heterocycles. The van der Waals surface area contributed by atoms with Crippen LogP contribution < -0.4 is 16.0 Å². The Bertz CT molecular complexity index is 1480. The Kier molecular flexibility index (Phi) is 7.22. The molecule has 3 aromatic carbocycles. The number of halogens is 1. The van der Waals surface area contributed by atoms with E-state index in [1.165, 1.54) is 36.4 Å². The zero-order chi connectivity index (χ0) is 28.4. The van der Waals surface area contributed by atoms with Gasteiger partial charge in [-0.2, -0.15) is 0 Å². The van der Waals surface area contributed by atoms with Crippen molar-refractivity contribution in [1.29, 1.82) is 0 Å². The number of nitrogens with zero attached hydrogens (tertiary/aromatic N) is 1. The van der Waals surface area contributed by atoms with Gasteiger partial charge >= 0.3 is 12.2 Å². The Morgan fingerprint density at radius 1 is 1.07 bits per heavy atom. The van der Waals surface area contributed by atoms with Gasteiger partial charge in [-0.05, 0) is 60.2 Å². The molecule has 0 bridgehead atoms. The first-order valence-corrected chi connectivity index (χ1v) is 12.8. The van der Waals surface area contributed by atoms with Crippen molar-refractivity contribution in [2.75, 3.05) is 23.7 Å². The van der Waals surface area contributed by atoms with Crippen LogP contribution in [-0.2, 0) is 21.6 Å². The maximum absolute atomic E-state index is 13.8. The Labute approximate surface area is 233 Å². The quantitative estimate of drug-likeness (QED) is 0.301. The summed E-state index contributed by atoms with van der Waals surface area (Å²) >= 11 is 6.23. The lowest BCUT2D eigenvalue weighted by Crippen LogP contribution is -2.50. The number of phenolic OH excluding ortho intramolecular Hbond substituents is 1. The smallest absolute Gasteiger partial charge is 0.412 e. The van der Waals surface area contributed by atoms with E-state index in [1.54, 1.807) is 35.2 Å². The van der Waals surface area contributed by atoms with Crippen LogP contribution in [-0.4, -0.2) is 58.2 Å². The number of anilines is 2. The number of carbonyl (C=O) groups excluding carboxylic acids is 3. The number of aromatic hydroxyl groups is 1. The maximum atomic E-state index is 13.8. The molecule has 1 spiro atoms. The van der Waals surface area contributed by atoms with E-state index in [0.717, 1.165) is 0 Å². The van der Waals surface area contributed by atoms with Crippen LogP contribution in [0.15, 0.2) is 66.7 Å². The normalized spacial score (nSPS) is 18.3. The molecule has 3 aromatic rings. The van der Waals surface area contributed by atoms with Crippen molar-refractivity contribution >= 4 is 47.0 Å². The van der Waals surface area contributed by atoms with E-state index < -0.39 is 29.7 Å². The van der Waals surface area contributed by atoms with Crippen LogP contribution in [0.25, 0.3) is 0 Å². The van der Waals surface area contributed by atoms with Gasteiger partial charge in [0.1, 0.15) is 11.8 Å². The molecule has 2 atom stereocenters. The number of carbonyl (C=O) groups is 4. The Balaban J connectivity index is 1.38. The maximum Gasteiger partial charge on any atom is 0.412 e. The van der Waals surface area contributed by atoms with Gasteiger partial charge in [0.05, 0.1) is 12.2 Å². The van der Waals surface area contributed by atoms with Gasteiger partial charge in [0.2, 0.25) is 5.91 Å². The number of fused-ring (bicyclic) bond motifs is 2. The summed E-state index contributed by atoms with van der Waals surface area (Å²) in [6.45, 7) is 0.347. The van der Waals surface area contributed by atoms with E-state index in [4.69, 9.17) is 21.4 Å². The molecule has 5 N–H and O–H groups in total. The number of rotatable bonds is 6. The van der Waals surface area contributed by atoms with Crippen molar-refractivity contribution in [3.8, 4) is 5.75 Å². The first kappa shape index (κ1) is 26.8. The second kappa shape index (κ2) is 10.8. The SMILES string of the molecule is O=C(O)Nc1ccc(C(=O)N[C@@H](Cc2ccc(O)cc2)C(=O)N2CCC3(C2)OC(=O)Nc2ccc(Cl)cc23)cc1. The van der Waals surface area contributed by atoms with E-state index in [9.17, 15) is 24.3 Å². The minimum atomic E-state index is -1.23. The van der Waals surface area contributed by atoms with E-state index in [2.05, 4.69) is 16.0 Å². The summed E-state index contributed by atoms with van der Waals surface area (Å²) in [7, 11) is 0. The summed E-state index contributed by atoms with van der Waals surface area (Å²) in [6, 6.07) is 16.2. The molecule has 2 aliphatic heterocycles. The van der Waals surface area contributed by atoms with Gasteiger partial charge in [0, 0.05) is 41.2 Å². The molecule has 40 heavy (non-hydrogen) atoms. The number of benzene rings is 3. The molecule has 12 heteroatoms.